The Hall–Kier alpha value is -1.24. The molecule has 2 rings (SSSR count). The van der Waals surface area contributed by atoms with Crippen molar-refractivity contribution in [3.8, 4) is 0 Å². The van der Waals surface area contributed by atoms with Gasteiger partial charge in [-0.1, -0.05) is 23.4 Å². The summed E-state index contributed by atoms with van der Waals surface area (Å²) in [4.78, 5) is 15.9. The maximum atomic E-state index is 11.2. The van der Waals surface area contributed by atoms with Gasteiger partial charge in [0, 0.05) is 21.7 Å². The lowest BCUT2D eigenvalue weighted by atomic mass is 10.2. The van der Waals surface area contributed by atoms with Crippen molar-refractivity contribution in [1.82, 2.24) is 4.98 Å². The average Bonchev–Trinajstić information content (AvgIpc) is 2.67. The molecule has 3 N–H and O–H groups in total. The van der Waals surface area contributed by atoms with Gasteiger partial charge in [-0.05, 0) is 19.1 Å². The Labute approximate surface area is 117 Å². The van der Waals surface area contributed by atoms with Crippen LogP contribution in [0.3, 0.4) is 0 Å². The van der Waals surface area contributed by atoms with Crippen LogP contribution in [-0.4, -0.2) is 16.1 Å². The minimum absolute atomic E-state index is 0.0952. The summed E-state index contributed by atoms with van der Waals surface area (Å²) in [6.07, 6.45) is 0. The Bertz CT molecular complexity index is 613. The zero-order valence-corrected chi connectivity index (χ0v) is 11.7. The standard InChI is InChI=1S/C11H9ClN2O2S2/c1-5-4-17-11(14-5)18-9-7(10(15)16)2-6(13)3-8(9)12/h2-4H,13H2,1H3,(H,15,16). The SMILES string of the molecule is Cc1csc(Sc2c(Cl)cc(N)cc2C(=O)O)n1. The van der Waals surface area contributed by atoms with Gasteiger partial charge in [-0.2, -0.15) is 0 Å². The molecular formula is C11H9ClN2O2S2. The van der Waals surface area contributed by atoms with E-state index in [9.17, 15) is 4.79 Å². The third-order valence-corrected chi connectivity index (χ3v) is 4.69. The number of aromatic nitrogens is 1. The summed E-state index contributed by atoms with van der Waals surface area (Å²) in [6, 6.07) is 2.94. The van der Waals surface area contributed by atoms with Gasteiger partial charge in [0.1, 0.15) is 0 Å². The summed E-state index contributed by atoms with van der Waals surface area (Å²) in [5.74, 6) is -1.06. The first kappa shape index (κ1) is 13.2. The van der Waals surface area contributed by atoms with Crippen molar-refractivity contribution < 1.29 is 9.90 Å². The second-order valence-corrected chi connectivity index (χ2v) is 6.06. The highest BCUT2D eigenvalue weighted by Gasteiger charge is 2.17. The van der Waals surface area contributed by atoms with Crippen LogP contribution in [0.4, 0.5) is 5.69 Å². The molecule has 0 bridgehead atoms. The second kappa shape index (κ2) is 5.17. The fraction of sp³-hybridized carbons (Fsp3) is 0.0909. The van der Waals surface area contributed by atoms with Crippen molar-refractivity contribution in [2.45, 2.75) is 16.2 Å². The van der Waals surface area contributed by atoms with Gasteiger partial charge in [-0.15, -0.1) is 11.3 Å². The zero-order chi connectivity index (χ0) is 13.3. The van der Waals surface area contributed by atoms with Gasteiger partial charge in [-0.3, -0.25) is 0 Å². The highest BCUT2D eigenvalue weighted by atomic mass is 35.5. The number of rotatable bonds is 3. The predicted octanol–water partition coefficient (Wildman–Crippen LogP) is 3.54. The number of nitrogen functional groups attached to an aromatic ring is 1. The fourth-order valence-electron chi connectivity index (χ4n) is 1.34. The summed E-state index contributed by atoms with van der Waals surface area (Å²) < 4.78 is 0.752. The number of thiazole rings is 1. The van der Waals surface area contributed by atoms with Crippen LogP contribution >= 0.6 is 34.7 Å². The molecule has 1 heterocycles. The predicted molar refractivity (Wildman–Crippen MR) is 73.8 cm³/mol. The number of anilines is 1. The molecule has 0 unspecified atom stereocenters. The molecule has 18 heavy (non-hydrogen) atoms. The Balaban J connectivity index is 2.46. The Morgan fingerprint density at radius 1 is 1.56 bits per heavy atom. The van der Waals surface area contributed by atoms with Crippen molar-refractivity contribution in [3.05, 3.63) is 33.8 Å². The van der Waals surface area contributed by atoms with Crippen LogP contribution in [0, 0.1) is 6.92 Å². The van der Waals surface area contributed by atoms with Crippen LogP contribution in [-0.2, 0) is 0 Å². The number of nitrogens with two attached hydrogens (primary N) is 1. The molecule has 0 atom stereocenters. The molecule has 0 saturated heterocycles. The van der Waals surface area contributed by atoms with Gasteiger partial charge in [0.2, 0.25) is 0 Å². The van der Waals surface area contributed by atoms with Crippen molar-refractivity contribution in [2.24, 2.45) is 0 Å². The maximum absolute atomic E-state index is 11.2. The van der Waals surface area contributed by atoms with Gasteiger partial charge in [-0.25, -0.2) is 9.78 Å². The molecule has 0 amide bonds. The van der Waals surface area contributed by atoms with Crippen LogP contribution in [0.25, 0.3) is 0 Å². The van der Waals surface area contributed by atoms with Crippen molar-refractivity contribution in [3.63, 3.8) is 0 Å². The molecule has 0 aliphatic heterocycles. The Morgan fingerprint density at radius 2 is 2.28 bits per heavy atom. The number of carboxylic acid groups (broad SMARTS) is 1. The first-order valence-electron chi connectivity index (χ1n) is 4.89. The molecule has 2 aromatic rings. The van der Waals surface area contributed by atoms with Gasteiger partial charge in [0.05, 0.1) is 10.6 Å². The largest absolute Gasteiger partial charge is 0.478 e. The Kier molecular flexibility index (Phi) is 3.79. The lowest BCUT2D eigenvalue weighted by Crippen LogP contribution is -2.01. The van der Waals surface area contributed by atoms with E-state index in [2.05, 4.69) is 4.98 Å². The van der Waals surface area contributed by atoms with E-state index >= 15 is 0 Å². The van der Waals surface area contributed by atoms with E-state index in [1.807, 2.05) is 12.3 Å². The molecule has 0 fully saturated rings. The van der Waals surface area contributed by atoms with E-state index in [1.54, 1.807) is 0 Å². The number of aryl methyl sites for hydroxylation is 1. The van der Waals surface area contributed by atoms with Crippen molar-refractivity contribution in [1.29, 1.82) is 0 Å². The Morgan fingerprint density at radius 3 is 2.83 bits per heavy atom. The maximum Gasteiger partial charge on any atom is 0.336 e. The number of carbonyl (C=O) groups is 1. The van der Waals surface area contributed by atoms with Crippen molar-refractivity contribution in [2.75, 3.05) is 5.73 Å². The van der Waals surface area contributed by atoms with Crippen LogP contribution < -0.4 is 5.73 Å². The zero-order valence-electron chi connectivity index (χ0n) is 9.31. The molecule has 7 heteroatoms. The van der Waals surface area contributed by atoms with E-state index in [1.165, 1.54) is 35.2 Å². The van der Waals surface area contributed by atoms with Crippen LogP contribution in [0.1, 0.15) is 16.1 Å². The number of nitrogens with zero attached hydrogens (tertiary/aromatic N) is 1. The third-order valence-electron chi connectivity index (χ3n) is 2.08. The van der Waals surface area contributed by atoms with E-state index < -0.39 is 5.97 Å². The second-order valence-electron chi connectivity index (χ2n) is 3.54. The van der Waals surface area contributed by atoms with Crippen molar-refractivity contribution >= 4 is 46.4 Å². The molecule has 0 saturated carbocycles. The third kappa shape index (κ3) is 2.77. The van der Waals surface area contributed by atoms with Crippen LogP contribution in [0.2, 0.25) is 5.02 Å². The van der Waals surface area contributed by atoms with Gasteiger partial charge < -0.3 is 10.8 Å². The summed E-state index contributed by atoms with van der Waals surface area (Å²) in [5.41, 5.74) is 6.91. The van der Waals surface area contributed by atoms with Crippen LogP contribution in [0.5, 0.6) is 0 Å². The lowest BCUT2D eigenvalue weighted by molar-refractivity contribution is 0.0693. The van der Waals surface area contributed by atoms with Gasteiger partial charge in [0.25, 0.3) is 0 Å². The number of hydrogen-bond acceptors (Lipinski definition) is 5. The molecule has 0 radical (unpaired) electrons. The van der Waals surface area contributed by atoms with Crippen LogP contribution in [0.15, 0.2) is 26.7 Å². The number of aromatic carboxylic acids is 1. The van der Waals surface area contributed by atoms with E-state index in [0.29, 0.717) is 15.6 Å². The molecule has 94 valence electrons. The molecule has 1 aromatic heterocycles. The number of hydrogen-bond donors (Lipinski definition) is 2. The number of carboxylic acids is 1. The van der Waals surface area contributed by atoms with E-state index in [4.69, 9.17) is 22.4 Å². The molecular weight excluding hydrogens is 292 g/mol. The molecule has 1 aromatic carbocycles. The molecule has 4 nitrogen and oxygen atoms in total. The van der Waals surface area contributed by atoms with E-state index in [-0.39, 0.29) is 5.56 Å². The summed E-state index contributed by atoms with van der Waals surface area (Å²) >= 11 is 8.73. The van der Waals surface area contributed by atoms with E-state index in [0.717, 1.165) is 10.0 Å². The lowest BCUT2D eigenvalue weighted by Gasteiger charge is -2.07. The fourth-order valence-corrected chi connectivity index (χ4v) is 3.57. The normalized spacial score (nSPS) is 10.6. The summed E-state index contributed by atoms with van der Waals surface area (Å²) in [7, 11) is 0. The molecule has 0 aliphatic rings. The minimum atomic E-state index is -1.06. The first-order chi connectivity index (χ1) is 8.47. The number of halogens is 1. The number of benzene rings is 1. The van der Waals surface area contributed by atoms with Gasteiger partial charge in [0.15, 0.2) is 4.34 Å². The average molecular weight is 301 g/mol. The summed E-state index contributed by atoms with van der Waals surface area (Å²) in [5, 5.41) is 11.4. The smallest absolute Gasteiger partial charge is 0.336 e. The topological polar surface area (TPSA) is 76.2 Å². The minimum Gasteiger partial charge on any atom is -0.478 e. The quantitative estimate of drug-likeness (QED) is 0.848. The monoisotopic (exact) mass is 300 g/mol. The molecule has 0 spiro atoms. The first-order valence-corrected chi connectivity index (χ1v) is 6.97. The highest BCUT2D eigenvalue weighted by Crippen LogP contribution is 2.38. The van der Waals surface area contributed by atoms with Gasteiger partial charge >= 0.3 is 5.97 Å². The summed E-state index contributed by atoms with van der Waals surface area (Å²) in [6.45, 7) is 1.88. The highest BCUT2D eigenvalue weighted by molar-refractivity contribution is 8.01. The molecule has 0 aliphatic carbocycles.